The predicted octanol–water partition coefficient (Wildman–Crippen LogP) is 11.1. The first-order valence-electron chi connectivity index (χ1n) is 14.9. The maximum atomic E-state index is 2.50. The van der Waals surface area contributed by atoms with Crippen molar-refractivity contribution in [3.63, 3.8) is 0 Å². The van der Waals surface area contributed by atoms with E-state index in [0.29, 0.717) is 0 Å². The van der Waals surface area contributed by atoms with Crippen molar-refractivity contribution in [2.45, 2.75) is 19.3 Å². The summed E-state index contributed by atoms with van der Waals surface area (Å²) in [5.41, 5.74) is 9.06. The number of nitrogens with zero attached hydrogens (tertiary/aromatic N) is 1. The molecule has 0 spiro atoms. The van der Waals surface area contributed by atoms with Crippen LogP contribution in [0.25, 0.3) is 52.0 Å². The van der Waals surface area contributed by atoms with Gasteiger partial charge in [-0.15, -0.1) is 0 Å². The van der Waals surface area contributed by atoms with E-state index < -0.39 is 0 Å². The first-order chi connectivity index (χ1) is 21.1. The van der Waals surface area contributed by atoms with Crippen LogP contribution in [-0.4, -0.2) is 14.5 Å². The summed E-state index contributed by atoms with van der Waals surface area (Å²) in [4.78, 5) is 2.50. The van der Waals surface area contributed by atoms with Gasteiger partial charge in [0, 0.05) is 0 Å². The molecule has 204 valence electrons. The summed E-state index contributed by atoms with van der Waals surface area (Å²) >= 11 is 0.217. The van der Waals surface area contributed by atoms with E-state index in [0.717, 1.165) is 0 Å². The normalized spacial score (nSPS) is 13.5. The molecule has 43 heavy (non-hydrogen) atoms. The SMILES string of the molecule is CC1(C)c2ccccc2-c2ccc(N(c3ccccc3)c3cc4ccc5ccccc5c4c4[se]c5ccccc5c34)cc21. The number of benzene rings is 7. The standard InChI is InChI=1S/C41H29NSe/c1-41(2)34-18-10-8-16-31(34)32-23-22-29(25-35(32)41)42(28-13-4-3-5-14-28)36-24-27-21-20-26-12-6-7-15-30(26)38(27)40-39(36)33-17-9-11-19-37(33)43-40/h3-25H,1-2H3. The Morgan fingerprint density at radius 3 is 2.09 bits per heavy atom. The minimum absolute atomic E-state index is 0.0652. The van der Waals surface area contributed by atoms with E-state index in [9.17, 15) is 0 Å². The van der Waals surface area contributed by atoms with Gasteiger partial charge in [-0.3, -0.25) is 0 Å². The van der Waals surface area contributed by atoms with Crippen LogP contribution < -0.4 is 4.90 Å². The first-order valence-corrected chi connectivity index (χ1v) is 16.7. The predicted molar refractivity (Wildman–Crippen MR) is 186 cm³/mol. The van der Waals surface area contributed by atoms with Crippen LogP contribution in [0.1, 0.15) is 25.0 Å². The van der Waals surface area contributed by atoms with Crippen LogP contribution in [0.4, 0.5) is 17.1 Å². The van der Waals surface area contributed by atoms with Crippen LogP contribution in [-0.2, 0) is 5.41 Å². The molecule has 0 atom stereocenters. The van der Waals surface area contributed by atoms with Crippen LogP contribution in [0.3, 0.4) is 0 Å². The van der Waals surface area contributed by atoms with Crippen molar-refractivity contribution in [3.05, 3.63) is 151 Å². The summed E-state index contributed by atoms with van der Waals surface area (Å²) in [6.07, 6.45) is 0. The summed E-state index contributed by atoms with van der Waals surface area (Å²) in [5.74, 6) is 0. The van der Waals surface area contributed by atoms with Crippen LogP contribution in [0.15, 0.2) is 140 Å². The van der Waals surface area contributed by atoms with Crippen molar-refractivity contribution < 1.29 is 0 Å². The Labute approximate surface area is 257 Å². The summed E-state index contributed by atoms with van der Waals surface area (Å²) in [5, 5.41) is 8.12. The topological polar surface area (TPSA) is 3.24 Å². The van der Waals surface area contributed by atoms with Gasteiger partial charge in [-0.05, 0) is 0 Å². The van der Waals surface area contributed by atoms with Gasteiger partial charge in [0.25, 0.3) is 0 Å². The number of para-hydroxylation sites is 1. The molecule has 1 aromatic heterocycles. The Morgan fingerprint density at radius 2 is 1.21 bits per heavy atom. The molecule has 2 heteroatoms. The fourth-order valence-corrected chi connectivity index (χ4v) is 10.1. The molecule has 8 aromatic rings. The van der Waals surface area contributed by atoms with Gasteiger partial charge in [0.05, 0.1) is 0 Å². The quantitative estimate of drug-likeness (QED) is 0.141. The molecule has 1 heterocycles. The molecule has 0 N–H and O–H groups in total. The summed E-state index contributed by atoms with van der Waals surface area (Å²) in [6.45, 7) is 4.73. The van der Waals surface area contributed by atoms with Crippen molar-refractivity contribution >= 4 is 72.4 Å². The van der Waals surface area contributed by atoms with Gasteiger partial charge in [-0.2, -0.15) is 0 Å². The third-order valence-electron chi connectivity index (χ3n) is 9.41. The minimum atomic E-state index is -0.0652. The molecule has 1 aliphatic rings. The van der Waals surface area contributed by atoms with Crippen molar-refractivity contribution in [3.8, 4) is 11.1 Å². The zero-order valence-electron chi connectivity index (χ0n) is 24.1. The van der Waals surface area contributed by atoms with E-state index in [1.54, 1.807) is 0 Å². The summed E-state index contributed by atoms with van der Waals surface area (Å²) in [7, 11) is 0. The van der Waals surface area contributed by atoms with Crippen molar-refractivity contribution in [1.29, 1.82) is 0 Å². The summed E-state index contributed by atoms with van der Waals surface area (Å²) in [6, 6.07) is 51.9. The molecule has 0 amide bonds. The molecule has 0 aliphatic heterocycles. The van der Waals surface area contributed by atoms with E-state index in [2.05, 4.69) is 158 Å². The Balaban J connectivity index is 1.39. The Morgan fingerprint density at radius 1 is 0.512 bits per heavy atom. The second kappa shape index (κ2) is 9.19. The van der Waals surface area contributed by atoms with Crippen LogP contribution in [0, 0.1) is 0 Å². The van der Waals surface area contributed by atoms with Gasteiger partial charge in [0.1, 0.15) is 0 Å². The van der Waals surface area contributed by atoms with Crippen LogP contribution in [0.2, 0.25) is 0 Å². The molecule has 0 bridgehead atoms. The van der Waals surface area contributed by atoms with E-state index in [4.69, 9.17) is 0 Å². The molecule has 0 saturated heterocycles. The van der Waals surface area contributed by atoms with Crippen LogP contribution >= 0.6 is 0 Å². The number of rotatable bonds is 3. The number of anilines is 3. The second-order valence-electron chi connectivity index (χ2n) is 12.2. The van der Waals surface area contributed by atoms with E-state index in [1.807, 2.05) is 0 Å². The fraction of sp³-hybridized carbons (Fsp3) is 0.0732. The average Bonchev–Trinajstić information content (AvgIpc) is 3.55. The van der Waals surface area contributed by atoms with E-state index in [1.165, 1.54) is 80.2 Å². The van der Waals surface area contributed by atoms with Gasteiger partial charge in [-0.1, -0.05) is 0 Å². The molecule has 0 radical (unpaired) electrons. The second-order valence-corrected chi connectivity index (χ2v) is 14.4. The fourth-order valence-electron chi connectivity index (χ4n) is 7.37. The Bertz CT molecular complexity index is 2380. The molecule has 0 fully saturated rings. The molecular formula is C41H29NSe. The third-order valence-corrected chi connectivity index (χ3v) is 11.9. The Kier molecular flexibility index (Phi) is 5.33. The molecule has 1 nitrogen and oxygen atoms in total. The van der Waals surface area contributed by atoms with Gasteiger partial charge in [-0.25, -0.2) is 0 Å². The molecule has 7 aromatic carbocycles. The van der Waals surface area contributed by atoms with Crippen LogP contribution in [0.5, 0.6) is 0 Å². The van der Waals surface area contributed by atoms with E-state index >= 15 is 0 Å². The molecular weight excluding hydrogens is 585 g/mol. The molecule has 1 aliphatic carbocycles. The van der Waals surface area contributed by atoms with E-state index in [-0.39, 0.29) is 19.9 Å². The number of fused-ring (bicyclic) bond motifs is 10. The summed E-state index contributed by atoms with van der Waals surface area (Å²) < 4.78 is 2.96. The maximum absolute atomic E-state index is 2.50. The number of hydrogen-bond donors (Lipinski definition) is 0. The van der Waals surface area contributed by atoms with Crippen molar-refractivity contribution in [2.24, 2.45) is 0 Å². The zero-order chi connectivity index (χ0) is 28.7. The Hall–Kier alpha value is -4.62. The van der Waals surface area contributed by atoms with Gasteiger partial charge < -0.3 is 0 Å². The molecule has 0 saturated carbocycles. The monoisotopic (exact) mass is 615 g/mol. The zero-order valence-corrected chi connectivity index (χ0v) is 25.8. The van der Waals surface area contributed by atoms with Gasteiger partial charge in [0.15, 0.2) is 0 Å². The average molecular weight is 615 g/mol. The third kappa shape index (κ3) is 3.58. The molecule has 0 unspecified atom stereocenters. The first kappa shape index (κ1) is 24.9. The van der Waals surface area contributed by atoms with Gasteiger partial charge >= 0.3 is 258 Å². The molecule has 9 rings (SSSR count). The van der Waals surface area contributed by atoms with Gasteiger partial charge in [0.2, 0.25) is 0 Å². The van der Waals surface area contributed by atoms with Crippen molar-refractivity contribution in [1.82, 2.24) is 0 Å². The van der Waals surface area contributed by atoms with Crippen molar-refractivity contribution in [2.75, 3.05) is 4.90 Å². The number of hydrogen-bond acceptors (Lipinski definition) is 1.